The molecule has 3 N–H and O–H groups in total. The van der Waals surface area contributed by atoms with Crippen LogP contribution in [0.3, 0.4) is 0 Å². The highest BCUT2D eigenvalue weighted by Gasteiger charge is 2.18. The first-order valence-electron chi connectivity index (χ1n) is 6.49. The topological polar surface area (TPSA) is 54.2 Å². The molecule has 1 fully saturated rings. The summed E-state index contributed by atoms with van der Waals surface area (Å²) in [5.41, 5.74) is 6.78. The van der Waals surface area contributed by atoms with E-state index in [2.05, 4.69) is 28.2 Å². The van der Waals surface area contributed by atoms with Crippen molar-refractivity contribution in [2.75, 3.05) is 30.3 Å². The van der Waals surface area contributed by atoms with Crippen molar-refractivity contribution in [2.45, 2.75) is 32.2 Å². The molecule has 0 aromatic carbocycles. The Morgan fingerprint density at radius 1 is 1.41 bits per heavy atom. The van der Waals surface area contributed by atoms with E-state index >= 15 is 0 Å². The zero-order chi connectivity index (χ0) is 12.1. The number of rotatable bonds is 4. The second-order valence-electron chi connectivity index (χ2n) is 4.66. The van der Waals surface area contributed by atoms with Crippen molar-refractivity contribution in [1.29, 1.82) is 0 Å². The van der Waals surface area contributed by atoms with Crippen molar-refractivity contribution in [3.05, 3.63) is 18.3 Å². The van der Waals surface area contributed by atoms with E-state index in [9.17, 15) is 0 Å². The molecule has 0 bridgehead atoms. The van der Waals surface area contributed by atoms with Gasteiger partial charge in [0.15, 0.2) is 0 Å². The van der Waals surface area contributed by atoms with Crippen LogP contribution in [-0.2, 0) is 0 Å². The SMILES string of the molecule is CCCNC1CCN(c2ccc(N)nc2)CC1. The van der Waals surface area contributed by atoms with Crippen LogP contribution in [0.1, 0.15) is 26.2 Å². The predicted molar refractivity (Wildman–Crippen MR) is 72.2 cm³/mol. The van der Waals surface area contributed by atoms with Crippen LogP contribution in [-0.4, -0.2) is 30.7 Å². The lowest BCUT2D eigenvalue weighted by atomic mass is 10.0. The lowest BCUT2D eigenvalue weighted by Gasteiger charge is -2.33. The Balaban J connectivity index is 1.84. The van der Waals surface area contributed by atoms with E-state index in [1.165, 1.54) is 24.9 Å². The van der Waals surface area contributed by atoms with Crippen LogP contribution in [0.5, 0.6) is 0 Å². The molecule has 0 unspecified atom stereocenters. The fourth-order valence-electron chi connectivity index (χ4n) is 2.27. The Hall–Kier alpha value is -1.29. The standard InChI is InChI=1S/C13H22N4/c1-2-7-15-11-5-8-17(9-6-11)12-3-4-13(14)16-10-12/h3-4,10-11,15H,2,5-9H2,1H3,(H2,14,16). The van der Waals surface area contributed by atoms with Gasteiger partial charge in [-0.15, -0.1) is 0 Å². The van der Waals surface area contributed by atoms with Gasteiger partial charge in [-0.05, 0) is 37.9 Å². The molecular formula is C13H22N4. The first kappa shape index (κ1) is 12.2. The molecule has 2 heterocycles. The van der Waals surface area contributed by atoms with Crippen LogP contribution in [0.2, 0.25) is 0 Å². The van der Waals surface area contributed by atoms with Crippen molar-refractivity contribution in [3.63, 3.8) is 0 Å². The molecule has 1 aromatic rings. The minimum atomic E-state index is 0.591. The molecule has 0 atom stereocenters. The maximum Gasteiger partial charge on any atom is 0.123 e. The Labute approximate surface area is 103 Å². The number of pyridine rings is 1. The Morgan fingerprint density at radius 3 is 2.76 bits per heavy atom. The number of hydrogen-bond donors (Lipinski definition) is 2. The average molecular weight is 234 g/mol. The van der Waals surface area contributed by atoms with Gasteiger partial charge in [0, 0.05) is 19.1 Å². The van der Waals surface area contributed by atoms with E-state index in [0.717, 1.165) is 19.6 Å². The summed E-state index contributed by atoms with van der Waals surface area (Å²) in [7, 11) is 0. The number of hydrogen-bond acceptors (Lipinski definition) is 4. The Bertz CT molecular complexity index is 328. The van der Waals surface area contributed by atoms with Crippen molar-refractivity contribution >= 4 is 11.5 Å². The predicted octanol–water partition coefficient (Wildman–Crippen LogP) is 1.63. The smallest absolute Gasteiger partial charge is 0.123 e. The minimum absolute atomic E-state index is 0.591. The summed E-state index contributed by atoms with van der Waals surface area (Å²) in [6.07, 6.45) is 5.51. The number of piperidine rings is 1. The first-order valence-corrected chi connectivity index (χ1v) is 6.49. The van der Waals surface area contributed by atoms with Crippen molar-refractivity contribution in [1.82, 2.24) is 10.3 Å². The highest BCUT2D eigenvalue weighted by atomic mass is 15.2. The van der Waals surface area contributed by atoms with E-state index < -0.39 is 0 Å². The van der Waals surface area contributed by atoms with Crippen LogP contribution in [0.4, 0.5) is 11.5 Å². The van der Waals surface area contributed by atoms with E-state index in [4.69, 9.17) is 5.73 Å². The number of nitrogens with two attached hydrogens (primary N) is 1. The maximum absolute atomic E-state index is 5.59. The molecule has 1 saturated heterocycles. The van der Waals surface area contributed by atoms with Gasteiger partial charge >= 0.3 is 0 Å². The molecule has 0 radical (unpaired) electrons. The van der Waals surface area contributed by atoms with Crippen LogP contribution in [0.25, 0.3) is 0 Å². The minimum Gasteiger partial charge on any atom is -0.384 e. The number of nitrogen functional groups attached to an aromatic ring is 1. The van der Waals surface area contributed by atoms with Gasteiger partial charge in [0.25, 0.3) is 0 Å². The third-order valence-corrected chi connectivity index (χ3v) is 3.31. The highest BCUT2D eigenvalue weighted by molar-refractivity contribution is 5.48. The normalized spacial score (nSPS) is 17.4. The molecule has 17 heavy (non-hydrogen) atoms. The van der Waals surface area contributed by atoms with Crippen molar-refractivity contribution in [2.24, 2.45) is 0 Å². The molecule has 1 aromatic heterocycles. The highest BCUT2D eigenvalue weighted by Crippen LogP contribution is 2.19. The summed E-state index contributed by atoms with van der Waals surface area (Å²) in [5.74, 6) is 0.591. The molecule has 1 aliphatic heterocycles. The molecular weight excluding hydrogens is 212 g/mol. The summed E-state index contributed by atoms with van der Waals surface area (Å²) in [6, 6.07) is 4.62. The summed E-state index contributed by atoms with van der Waals surface area (Å²) < 4.78 is 0. The molecule has 4 heteroatoms. The summed E-state index contributed by atoms with van der Waals surface area (Å²) in [5, 5.41) is 3.59. The Kier molecular flexibility index (Phi) is 4.20. The second-order valence-corrected chi connectivity index (χ2v) is 4.66. The number of anilines is 2. The lowest BCUT2D eigenvalue weighted by molar-refractivity contribution is 0.416. The van der Waals surface area contributed by atoms with E-state index in [1.54, 1.807) is 0 Å². The van der Waals surface area contributed by atoms with E-state index in [0.29, 0.717) is 11.9 Å². The van der Waals surface area contributed by atoms with Crippen LogP contribution in [0.15, 0.2) is 18.3 Å². The zero-order valence-electron chi connectivity index (χ0n) is 10.5. The Morgan fingerprint density at radius 2 is 2.18 bits per heavy atom. The molecule has 1 aliphatic rings. The number of aromatic nitrogens is 1. The summed E-state index contributed by atoms with van der Waals surface area (Å²) in [6.45, 7) is 5.55. The molecule has 4 nitrogen and oxygen atoms in total. The van der Waals surface area contributed by atoms with Gasteiger partial charge in [0.2, 0.25) is 0 Å². The molecule has 0 saturated carbocycles. The quantitative estimate of drug-likeness (QED) is 0.831. The maximum atomic E-state index is 5.59. The first-order chi connectivity index (χ1) is 8.29. The largest absolute Gasteiger partial charge is 0.384 e. The third kappa shape index (κ3) is 3.33. The van der Waals surface area contributed by atoms with E-state index in [-0.39, 0.29) is 0 Å². The van der Waals surface area contributed by atoms with Crippen LogP contribution < -0.4 is 16.0 Å². The fourth-order valence-corrected chi connectivity index (χ4v) is 2.27. The van der Waals surface area contributed by atoms with Crippen molar-refractivity contribution in [3.8, 4) is 0 Å². The molecule has 94 valence electrons. The van der Waals surface area contributed by atoms with Gasteiger partial charge < -0.3 is 16.0 Å². The summed E-state index contributed by atoms with van der Waals surface area (Å²) in [4.78, 5) is 6.53. The average Bonchev–Trinajstić information content (AvgIpc) is 2.38. The number of nitrogens with one attached hydrogen (secondary N) is 1. The van der Waals surface area contributed by atoms with Gasteiger partial charge in [-0.3, -0.25) is 0 Å². The second kappa shape index (κ2) is 5.87. The van der Waals surface area contributed by atoms with Gasteiger partial charge in [-0.25, -0.2) is 4.98 Å². The van der Waals surface area contributed by atoms with Crippen molar-refractivity contribution < 1.29 is 0 Å². The monoisotopic (exact) mass is 234 g/mol. The van der Waals surface area contributed by atoms with Crippen LogP contribution in [0, 0.1) is 0 Å². The molecule has 0 amide bonds. The molecule has 0 aliphatic carbocycles. The number of nitrogens with zero attached hydrogens (tertiary/aromatic N) is 2. The zero-order valence-corrected chi connectivity index (χ0v) is 10.5. The van der Waals surface area contributed by atoms with Gasteiger partial charge in [-0.1, -0.05) is 6.92 Å². The lowest BCUT2D eigenvalue weighted by Crippen LogP contribution is -2.42. The fraction of sp³-hybridized carbons (Fsp3) is 0.615. The molecule has 0 spiro atoms. The van der Waals surface area contributed by atoms with Gasteiger partial charge in [0.1, 0.15) is 5.82 Å². The summed E-state index contributed by atoms with van der Waals surface area (Å²) >= 11 is 0. The third-order valence-electron chi connectivity index (χ3n) is 3.31. The van der Waals surface area contributed by atoms with Gasteiger partial charge in [0.05, 0.1) is 11.9 Å². The van der Waals surface area contributed by atoms with Gasteiger partial charge in [-0.2, -0.15) is 0 Å². The van der Waals surface area contributed by atoms with E-state index in [1.807, 2.05) is 12.3 Å². The molecule has 2 rings (SSSR count). The van der Waals surface area contributed by atoms with Crippen LogP contribution >= 0.6 is 0 Å².